The Hall–Kier alpha value is -2.39. The highest BCUT2D eigenvalue weighted by atomic mass is 16.7. The van der Waals surface area contributed by atoms with Crippen LogP contribution < -0.4 is 0 Å². The third kappa shape index (κ3) is 1.90. The van der Waals surface area contributed by atoms with Crippen LogP contribution in [0.15, 0.2) is 34.3 Å². The standard InChI is InChI=1S/C23H26N4O2/c1-21(2)17-11-14-7-6-10-27(14)18(12-24)22(17)13-23(29-20(26-22)28-3)15-8-4-5-9-16(15)25-19(21)23/h4-5,8-9,14,17-18H,6-7,10-11,13H2,1-3H3/t14-,17-,18?,22+,23+/m0/s1. The maximum atomic E-state index is 10.4. The second-order valence-corrected chi connectivity index (χ2v) is 9.73. The van der Waals surface area contributed by atoms with E-state index in [-0.39, 0.29) is 17.4 Å². The highest BCUT2D eigenvalue weighted by Gasteiger charge is 2.72. The third-order valence-electron chi connectivity index (χ3n) is 8.16. The molecule has 0 amide bonds. The van der Waals surface area contributed by atoms with E-state index in [0.717, 1.165) is 42.8 Å². The molecule has 4 aliphatic heterocycles. The number of nitrogens with zero attached hydrogens (tertiary/aromatic N) is 4. The number of benzene rings is 1. The third-order valence-corrected chi connectivity index (χ3v) is 8.16. The van der Waals surface area contributed by atoms with E-state index >= 15 is 0 Å². The first-order valence-electron chi connectivity index (χ1n) is 10.6. The first kappa shape index (κ1) is 17.5. The van der Waals surface area contributed by atoms with Crippen LogP contribution in [0.25, 0.3) is 0 Å². The molecule has 5 aliphatic rings. The van der Waals surface area contributed by atoms with E-state index in [9.17, 15) is 5.26 Å². The molecule has 1 aromatic rings. The number of hydrogen-bond donors (Lipinski definition) is 0. The van der Waals surface area contributed by atoms with Gasteiger partial charge in [0.15, 0.2) is 5.60 Å². The van der Waals surface area contributed by atoms with Crippen molar-refractivity contribution >= 4 is 17.5 Å². The van der Waals surface area contributed by atoms with Gasteiger partial charge >= 0.3 is 6.08 Å². The number of nitriles is 1. The molecule has 0 aromatic heterocycles. The van der Waals surface area contributed by atoms with Crippen LogP contribution in [-0.4, -0.2) is 48.0 Å². The van der Waals surface area contributed by atoms with Gasteiger partial charge < -0.3 is 9.47 Å². The summed E-state index contributed by atoms with van der Waals surface area (Å²) in [6.07, 6.45) is 4.29. The normalized spacial score (nSPS) is 41.0. The number of ether oxygens (including phenoxy) is 2. The lowest BCUT2D eigenvalue weighted by Gasteiger charge is -2.63. The van der Waals surface area contributed by atoms with Crippen molar-refractivity contribution in [1.29, 1.82) is 5.26 Å². The number of para-hydroxylation sites is 1. The molecule has 29 heavy (non-hydrogen) atoms. The minimum Gasteiger partial charge on any atom is -0.454 e. The predicted molar refractivity (Wildman–Crippen MR) is 109 cm³/mol. The lowest BCUT2D eigenvalue weighted by molar-refractivity contribution is -0.0914. The van der Waals surface area contributed by atoms with Crippen LogP contribution in [0.3, 0.4) is 0 Å². The molecule has 6 nitrogen and oxygen atoms in total. The first-order valence-corrected chi connectivity index (χ1v) is 10.6. The quantitative estimate of drug-likeness (QED) is 0.679. The highest BCUT2D eigenvalue weighted by Crippen LogP contribution is 2.65. The molecule has 2 spiro atoms. The van der Waals surface area contributed by atoms with Gasteiger partial charge in [-0.05, 0) is 37.8 Å². The van der Waals surface area contributed by atoms with Gasteiger partial charge in [-0.2, -0.15) is 5.26 Å². The van der Waals surface area contributed by atoms with Crippen molar-refractivity contribution < 1.29 is 9.47 Å². The molecular formula is C23H26N4O2. The molecule has 6 rings (SSSR count). The topological polar surface area (TPSA) is 70.2 Å². The minimum absolute atomic E-state index is 0.217. The Bertz CT molecular complexity index is 1010. The molecule has 3 fully saturated rings. The van der Waals surface area contributed by atoms with Crippen molar-refractivity contribution in [2.24, 2.45) is 21.3 Å². The van der Waals surface area contributed by atoms with Crippen molar-refractivity contribution in [1.82, 2.24) is 4.90 Å². The van der Waals surface area contributed by atoms with E-state index < -0.39 is 11.1 Å². The molecule has 150 valence electrons. The fourth-order valence-electron chi connectivity index (χ4n) is 7.14. The molecule has 1 saturated carbocycles. The summed E-state index contributed by atoms with van der Waals surface area (Å²) in [5.41, 5.74) is 1.62. The second-order valence-electron chi connectivity index (χ2n) is 9.73. The summed E-state index contributed by atoms with van der Waals surface area (Å²) >= 11 is 0. The summed E-state index contributed by atoms with van der Waals surface area (Å²) in [6.45, 7) is 5.53. The Kier molecular flexibility index (Phi) is 3.25. The number of hydrogen-bond acceptors (Lipinski definition) is 6. The van der Waals surface area contributed by atoms with E-state index in [2.05, 4.69) is 36.9 Å². The van der Waals surface area contributed by atoms with Gasteiger partial charge in [0.2, 0.25) is 0 Å². The smallest absolute Gasteiger partial charge is 0.385 e. The van der Waals surface area contributed by atoms with Gasteiger partial charge in [-0.1, -0.05) is 32.0 Å². The van der Waals surface area contributed by atoms with Crippen molar-refractivity contribution in [2.45, 2.75) is 62.8 Å². The number of aliphatic imine (C=N–C) groups is 2. The molecule has 6 heteroatoms. The Morgan fingerprint density at radius 1 is 1.31 bits per heavy atom. The first-order chi connectivity index (χ1) is 14.0. The minimum atomic E-state index is -0.703. The van der Waals surface area contributed by atoms with Gasteiger partial charge in [-0.3, -0.25) is 9.89 Å². The van der Waals surface area contributed by atoms with Gasteiger partial charge in [0.1, 0.15) is 11.6 Å². The second kappa shape index (κ2) is 5.40. The fraction of sp³-hybridized carbons (Fsp3) is 0.609. The molecule has 1 aliphatic carbocycles. The van der Waals surface area contributed by atoms with Gasteiger partial charge in [0.05, 0.1) is 24.6 Å². The Balaban J connectivity index is 1.64. The molecule has 0 radical (unpaired) electrons. The van der Waals surface area contributed by atoms with Crippen LogP contribution in [0.1, 0.15) is 45.1 Å². The van der Waals surface area contributed by atoms with Crippen LogP contribution in [0.4, 0.5) is 5.69 Å². The highest BCUT2D eigenvalue weighted by molar-refractivity contribution is 6.07. The average molecular weight is 390 g/mol. The summed E-state index contributed by atoms with van der Waals surface area (Å²) in [5.74, 6) is 0.217. The lowest BCUT2D eigenvalue weighted by Crippen LogP contribution is -2.73. The number of fused-ring (bicyclic) bond motifs is 2. The van der Waals surface area contributed by atoms with Crippen molar-refractivity contribution in [3.05, 3.63) is 29.8 Å². The van der Waals surface area contributed by atoms with Crippen LogP contribution in [0.2, 0.25) is 0 Å². The molecular weight excluding hydrogens is 364 g/mol. The van der Waals surface area contributed by atoms with Gasteiger partial charge in [0, 0.05) is 23.4 Å². The van der Waals surface area contributed by atoms with Crippen molar-refractivity contribution in [2.75, 3.05) is 13.7 Å². The predicted octanol–water partition coefficient (Wildman–Crippen LogP) is 3.55. The zero-order valence-corrected chi connectivity index (χ0v) is 17.2. The van der Waals surface area contributed by atoms with Crippen LogP contribution in [0, 0.1) is 22.7 Å². The molecule has 5 atom stereocenters. The van der Waals surface area contributed by atoms with E-state index in [1.165, 1.54) is 0 Å². The average Bonchev–Trinajstić information content (AvgIpc) is 3.30. The number of methoxy groups -OCH3 is 1. The van der Waals surface area contributed by atoms with Gasteiger partial charge in [-0.15, -0.1) is 0 Å². The molecule has 1 aromatic carbocycles. The summed E-state index contributed by atoms with van der Waals surface area (Å²) < 4.78 is 12.1. The maximum Gasteiger partial charge on any atom is 0.385 e. The summed E-state index contributed by atoms with van der Waals surface area (Å²) in [5, 5.41) is 10.4. The van der Waals surface area contributed by atoms with E-state index in [1.807, 2.05) is 12.1 Å². The maximum absolute atomic E-state index is 10.4. The van der Waals surface area contributed by atoms with Crippen molar-refractivity contribution in [3.63, 3.8) is 0 Å². The Morgan fingerprint density at radius 2 is 2.14 bits per heavy atom. The van der Waals surface area contributed by atoms with Gasteiger partial charge in [0.25, 0.3) is 0 Å². The fourth-order valence-corrected chi connectivity index (χ4v) is 7.14. The largest absolute Gasteiger partial charge is 0.454 e. The molecule has 2 saturated heterocycles. The molecule has 1 unspecified atom stereocenters. The Morgan fingerprint density at radius 3 is 2.93 bits per heavy atom. The SMILES string of the molecule is COC1=N[C@]23C[C@]4(O1)C(=Nc1ccccc14)C(C)(C)[C@@H]2C[C@@H]1CCCN1C3C#N. The number of rotatable bonds is 0. The van der Waals surface area contributed by atoms with Crippen molar-refractivity contribution in [3.8, 4) is 6.07 Å². The summed E-state index contributed by atoms with van der Waals surface area (Å²) in [7, 11) is 1.61. The molecule has 0 N–H and O–H groups in total. The molecule has 2 bridgehead atoms. The lowest BCUT2D eigenvalue weighted by atomic mass is 9.49. The summed E-state index contributed by atoms with van der Waals surface area (Å²) in [4.78, 5) is 12.6. The summed E-state index contributed by atoms with van der Waals surface area (Å²) in [6, 6.07) is 11.1. The van der Waals surface area contributed by atoms with Crippen LogP contribution in [-0.2, 0) is 15.1 Å². The number of piperidine rings is 1. The Labute approximate surface area is 171 Å². The van der Waals surface area contributed by atoms with Gasteiger partial charge in [-0.25, -0.2) is 4.99 Å². The monoisotopic (exact) mass is 390 g/mol. The zero-order valence-electron chi connectivity index (χ0n) is 17.2. The molecule has 4 heterocycles. The van der Waals surface area contributed by atoms with Crippen LogP contribution in [0.5, 0.6) is 0 Å². The zero-order chi connectivity index (χ0) is 20.0. The van der Waals surface area contributed by atoms with E-state index in [4.69, 9.17) is 19.5 Å². The van der Waals surface area contributed by atoms with E-state index in [0.29, 0.717) is 18.5 Å². The van der Waals surface area contributed by atoms with Crippen LogP contribution >= 0.6 is 0 Å². The van der Waals surface area contributed by atoms with E-state index in [1.54, 1.807) is 7.11 Å².